The summed E-state index contributed by atoms with van der Waals surface area (Å²) in [4.78, 5) is 23.1. The highest BCUT2D eigenvalue weighted by molar-refractivity contribution is 7.89. The lowest BCUT2D eigenvalue weighted by atomic mass is 10.0. The Kier molecular flexibility index (Phi) is 6.51. The summed E-state index contributed by atoms with van der Waals surface area (Å²) in [5, 5.41) is 0. The van der Waals surface area contributed by atoms with Gasteiger partial charge < -0.3 is 4.74 Å². The number of ketones is 2. The zero-order chi connectivity index (χ0) is 24.7. The monoisotopic (exact) mass is 506 g/mol. The van der Waals surface area contributed by atoms with Crippen molar-refractivity contribution >= 4 is 31.6 Å². The van der Waals surface area contributed by atoms with Gasteiger partial charge in [-0.1, -0.05) is 24.3 Å². The third-order valence-electron chi connectivity index (χ3n) is 6.37. The van der Waals surface area contributed by atoms with Crippen LogP contribution in [0.25, 0.3) is 0 Å². The average Bonchev–Trinajstić information content (AvgIpc) is 3.23. The highest BCUT2D eigenvalue weighted by atomic mass is 32.2. The van der Waals surface area contributed by atoms with Crippen LogP contribution in [0.3, 0.4) is 0 Å². The van der Waals surface area contributed by atoms with Crippen LogP contribution in [0.4, 0.5) is 0 Å². The summed E-state index contributed by atoms with van der Waals surface area (Å²) in [6, 6.07) is 11.5. The number of sulfonamides is 2. The second-order valence-corrected chi connectivity index (χ2v) is 12.2. The van der Waals surface area contributed by atoms with Gasteiger partial charge >= 0.3 is 0 Å². The first-order valence-electron chi connectivity index (χ1n) is 10.9. The smallest absolute Gasteiger partial charge is 0.245 e. The van der Waals surface area contributed by atoms with E-state index in [4.69, 9.17) is 4.74 Å². The molecule has 0 amide bonds. The zero-order valence-corrected chi connectivity index (χ0v) is 20.6. The van der Waals surface area contributed by atoms with Crippen LogP contribution in [0.5, 0.6) is 0 Å². The molecule has 2 aliphatic rings. The number of carbonyl (C=O) groups excluding carboxylic acids is 2. The molecule has 2 saturated heterocycles. The average molecular weight is 507 g/mol. The molecule has 9 nitrogen and oxygen atoms in total. The third kappa shape index (κ3) is 4.34. The molecule has 4 rings (SSSR count). The number of rotatable bonds is 6. The molecular formula is C23H26N2O7S2. The van der Waals surface area contributed by atoms with Gasteiger partial charge in [-0.15, -0.1) is 0 Å². The van der Waals surface area contributed by atoms with E-state index in [0.29, 0.717) is 11.1 Å². The second kappa shape index (κ2) is 8.97. The lowest BCUT2D eigenvalue weighted by Crippen LogP contribution is -2.55. The van der Waals surface area contributed by atoms with E-state index in [-0.39, 0.29) is 60.4 Å². The molecule has 2 fully saturated rings. The molecule has 0 aromatic heterocycles. The fraction of sp³-hybridized carbons (Fsp3) is 0.391. The van der Waals surface area contributed by atoms with Gasteiger partial charge in [0.1, 0.15) is 5.72 Å². The Labute approximate surface area is 199 Å². The van der Waals surface area contributed by atoms with Crippen molar-refractivity contribution in [2.45, 2.75) is 42.2 Å². The molecule has 2 aromatic carbocycles. The van der Waals surface area contributed by atoms with Gasteiger partial charge in [-0.25, -0.2) is 16.8 Å². The molecule has 0 N–H and O–H groups in total. The van der Waals surface area contributed by atoms with Gasteiger partial charge in [-0.3, -0.25) is 9.59 Å². The lowest BCUT2D eigenvalue weighted by molar-refractivity contribution is -0.0806. The molecule has 0 radical (unpaired) electrons. The predicted octanol–water partition coefficient (Wildman–Crippen LogP) is 2.29. The fourth-order valence-corrected chi connectivity index (χ4v) is 7.57. The number of hydrogen-bond acceptors (Lipinski definition) is 7. The molecule has 2 heterocycles. The Balaban J connectivity index is 1.53. The molecule has 0 atom stereocenters. The number of benzene rings is 2. The Hall–Kier alpha value is -2.44. The first-order chi connectivity index (χ1) is 16.0. The van der Waals surface area contributed by atoms with E-state index in [1.54, 1.807) is 0 Å². The molecule has 182 valence electrons. The van der Waals surface area contributed by atoms with Crippen LogP contribution in [-0.4, -0.2) is 69.0 Å². The molecule has 11 heteroatoms. The summed E-state index contributed by atoms with van der Waals surface area (Å²) in [7, 11) is -7.71. The van der Waals surface area contributed by atoms with E-state index >= 15 is 0 Å². The van der Waals surface area contributed by atoms with Crippen LogP contribution < -0.4 is 0 Å². The van der Waals surface area contributed by atoms with Crippen molar-refractivity contribution in [1.29, 1.82) is 0 Å². The van der Waals surface area contributed by atoms with Crippen molar-refractivity contribution in [3.63, 3.8) is 0 Å². The summed E-state index contributed by atoms with van der Waals surface area (Å²) < 4.78 is 61.5. The van der Waals surface area contributed by atoms with Crippen LogP contribution in [-0.2, 0) is 24.8 Å². The topological polar surface area (TPSA) is 118 Å². The van der Waals surface area contributed by atoms with Crippen molar-refractivity contribution in [3.8, 4) is 0 Å². The zero-order valence-electron chi connectivity index (χ0n) is 18.9. The lowest BCUT2D eigenvalue weighted by Gasteiger charge is -2.42. The normalized spacial score (nSPS) is 19.4. The molecule has 0 bridgehead atoms. The SMILES string of the molecule is CC(=O)c1ccc(S(=O)(=O)N2CCC3(CC2)OCCN3S(=O)(=O)c2ccc(C(C)=O)cc2)cc1. The number of hydrogen-bond donors (Lipinski definition) is 0. The summed E-state index contributed by atoms with van der Waals surface area (Å²) in [5.74, 6) is -0.311. The van der Waals surface area contributed by atoms with E-state index in [0.717, 1.165) is 0 Å². The number of ether oxygens (including phenoxy) is 1. The molecule has 0 saturated carbocycles. The first kappa shape index (κ1) is 24.7. The summed E-state index contributed by atoms with van der Waals surface area (Å²) in [6.07, 6.45) is 0.366. The van der Waals surface area contributed by atoms with Crippen LogP contribution in [0.2, 0.25) is 0 Å². The number of Topliss-reactive ketones (excluding diaryl/α,β-unsaturated/α-hetero) is 2. The fourth-order valence-electron chi connectivity index (χ4n) is 4.40. The highest BCUT2D eigenvalue weighted by Gasteiger charge is 2.51. The van der Waals surface area contributed by atoms with E-state index in [1.807, 2.05) is 0 Å². The van der Waals surface area contributed by atoms with Crippen LogP contribution >= 0.6 is 0 Å². The molecule has 1 spiro atoms. The Morgan fingerprint density at radius 1 is 0.735 bits per heavy atom. The van der Waals surface area contributed by atoms with Crippen molar-refractivity contribution in [1.82, 2.24) is 8.61 Å². The van der Waals surface area contributed by atoms with Crippen LogP contribution in [0.1, 0.15) is 47.4 Å². The maximum atomic E-state index is 13.4. The minimum absolute atomic E-state index is 0.0583. The second-order valence-electron chi connectivity index (χ2n) is 8.44. The standard InChI is InChI=1S/C23H26N2O7S2/c1-17(26)19-3-7-21(8-4-19)33(28,29)24-13-11-23(12-14-24)25(15-16-32-23)34(30,31)22-9-5-20(6-10-22)18(2)27/h3-10H,11-16H2,1-2H3. The Morgan fingerprint density at radius 2 is 1.18 bits per heavy atom. The van der Waals surface area contributed by atoms with E-state index < -0.39 is 25.8 Å². The van der Waals surface area contributed by atoms with Crippen LogP contribution in [0.15, 0.2) is 58.3 Å². The van der Waals surface area contributed by atoms with Gasteiger partial charge in [-0.2, -0.15) is 8.61 Å². The maximum absolute atomic E-state index is 13.4. The van der Waals surface area contributed by atoms with Gasteiger partial charge in [0.05, 0.1) is 16.4 Å². The molecule has 2 aromatic rings. The number of carbonyl (C=O) groups is 2. The summed E-state index contributed by atoms with van der Waals surface area (Å²) in [5.41, 5.74) is -0.281. The van der Waals surface area contributed by atoms with Gasteiger partial charge in [0.25, 0.3) is 0 Å². The number of nitrogens with zero attached hydrogens (tertiary/aromatic N) is 2. The number of piperidine rings is 1. The van der Waals surface area contributed by atoms with Crippen molar-refractivity contribution in [3.05, 3.63) is 59.7 Å². The highest BCUT2D eigenvalue weighted by Crippen LogP contribution is 2.39. The van der Waals surface area contributed by atoms with E-state index in [9.17, 15) is 26.4 Å². The van der Waals surface area contributed by atoms with Gasteiger partial charge in [0.2, 0.25) is 20.0 Å². The minimum Gasteiger partial charge on any atom is -0.358 e. The van der Waals surface area contributed by atoms with Gasteiger partial charge in [0.15, 0.2) is 11.6 Å². The van der Waals surface area contributed by atoms with Crippen LogP contribution in [0, 0.1) is 0 Å². The minimum atomic E-state index is -3.91. The Morgan fingerprint density at radius 3 is 1.62 bits per heavy atom. The quantitative estimate of drug-likeness (QED) is 0.552. The van der Waals surface area contributed by atoms with Gasteiger partial charge in [0, 0.05) is 43.6 Å². The van der Waals surface area contributed by atoms with E-state index in [1.165, 1.54) is 71.0 Å². The Bertz CT molecular complexity index is 1310. The summed E-state index contributed by atoms with van der Waals surface area (Å²) >= 11 is 0. The molecule has 34 heavy (non-hydrogen) atoms. The largest absolute Gasteiger partial charge is 0.358 e. The molecular weight excluding hydrogens is 480 g/mol. The predicted molar refractivity (Wildman–Crippen MR) is 123 cm³/mol. The van der Waals surface area contributed by atoms with Crippen molar-refractivity contribution < 1.29 is 31.2 Å². The molecule has 0 aliphatic carbocycles. The van der Waals surface area contributed by atoms with Crippen molar-refractivity contribution in [2.75, 3.05) is 26.2 Å². The third-order valence-corrected chi connectivity index (χ3v) is 10.2. The first-order valence-corrected chi connectivity index (χ1v) is 13.7. The maximum Gasteiger partial charge on any atom is 0.245 e. The van der Waals surface area contributed by atoms with Gasteiger partial charge in [-0.05, 0) is 38.1 Å². The van der Waals surface area contributed by atoms with Crippen molar-refractivity contribution in [2.24, 2.45) is 0 Å². The van der Waals surface area contributed by atoms with E-state index in [2.05, 4.69) is 0 Å². The summed E-state index contributed by atoms with van der Waals surface area (Å²) in [6.45, 7) is 3.37. The molecule has 0 unspecified atom stereocenters. The molecule has 2 aliphatic heterocycles.